The van der Waals surface area contributed by atoms with E-state index < -0.39 is 0 Å². The summed E-state index contributed by atoms with van der Waals surface area (Å²) >= 11 is 0. The van der Waals surface area contributed by atoms with Crippen LogP contribution in [0.15, 0.2) is 42.5 Å². The number of hydrogen-bond donors (Lipinski definition) is 0. The molecule has 0 aromatic heterocycles. The molecule has 0 saturated carbocycles. The van der Waals surface area contributed by atoms with Gasteiger partial charge in [0, 0.05) is 0 Å². The van der Waals surface area contributed by atoms with Crippen LogP contribution in [-0.2, 0) is 6.42 Å². The number of allylic oxidation sites excluding steroid dienone is 2. The molecule has 1 aliphatic carbocycles. The number of hydrogen-bond acceptors (Lipinski definition) is 0. The first-order chi connectivity index (χ1) is 10.2. The van der Waals surface area contributed by atoms with E-state index in [1.54, 1.807) is 11.1 Å². The Morgan fingerprint density at radius 2 is 1.71 bits per heavy atom. The van der Waals surface area contributed by atoms with Crippen LogP contribution in [0.25, 0.3) is 11.1 Å². The summed E-state index contributed by atoms with van der Waals surface area (Å²) in [4.78, 5) is 0. The van der Waals surface area contributed by atoms with E-state index in [9.17, 15) is 0 Å². The van der Waals surface area contributed by atoms with Crippen LogP contribution < -0.4 is 0 Å². The minimum Gasteiger partial charge on any atom is -0.0654 e. The predicted octanol–water partition coefficient (Wildman–Crippen LogP) is 5.96. The second-order valence-electron chi connectivity index (χ2n) is 6.21. The van der Waals surface area contributed by atoms with Gasteiger partial charge in [0.25, 0.3) is 0 Å². The van der Waals surface area contributed by atoms with Crippen molar-refractivity contribution in [1.29, 1.82) is 0 Å². The van der Waals surface area contributed by atoms with Crippen molar-refractivity contribution in [2.75, 3.05) is 0 Å². The molecule has 0 spiro atoms. The highest BCUT2D eigenvalue weighted by atomic mass is 14.3. The van der Waals surface area contributed by atoms with E-state index in [0.29, 0.717) is 0 Å². The molecule has 0 radical (unpaired) electrons. The SMILES string of the molecule is CCCCC1=C(c2ccc(C)cc2)Cc2cccc(C)c21. The lowest BCUT2D eigenvalue weighted by Gasteiger charge is -2.11. The third kappa shape index (κ3) is 2.68. The van der Waals surface area contributed by atoms with E-state index in [4.69, 9.17) is 0 Å². The van der Waals surface area contributed by atoms with Gasteiger partial charge in [-0.05, 0) is 66.5 Å². The Morgan fingerprint density at radius 1 is 0.952 bits per heavy atom. The Hall–Kier alpha value is -1.82. The van der Waals surface area contributed by atoms with Gasteiger partial charge >= 0.3 is 0 Å². The third-order valence-corrected chi connectivity index (χ3v) is 4.57. The Bertz CT molecular complexity index is 672. The number of fused-ring (bicyclic) bond motifs is 1. The van der Waals surface area contributed by atoms with Crippen molar-refractivity contribution in [2.45, 2.75) is 46.5 Å². The first-order valence-corrected chi connectivity index (χ1v) is 8.08. The fourth-order valence-corrected chi connectivity index (χ4v) is 3.42. The van der Waals surface area contributed by atoms with Gasteiger partial charge < -0.3 is 0 Å². The van der Waals surface area contributed by atoms with Crippen molar-refractivity contribution in [1.82, 2.24) is 0 Å². The standard InChI is InChI=1S/C21H24/c1-4-5-9-19-20(17-12-10-15(2)11-13-17)14-18-8-6-7-16(3)21(18)19/h6-8,10-13H,4-5,9,14H2,1-3H3. The van der Waals surface area contributed by atoms with Gasteiger partial charge in [-0.3, -0.25) is 0 Å². The molecule has 0 aliphatic heterocycles. The molecule has 2 aromatic carbocycles. The van der Waals surface area contributed by atoms with Gasteiger partial charge in [-0.25, -0.2) is 0 Å². The fraction of sp³-hybridized carbons (Fsp3) is 0.333. The number of unbranched alkanes of at least 4 members (excludes halogenated alkanes) is 1. The maximum atomic E-state index is 2.30. The van der Waals surface area contributed by atoms with Crippen molar-refractivity contribution in [2.24, 2.45) is 0 Å². The zero-order valence-electron chi connectivity index (χ0n) is 13.4. The quantitative estimate of drug-likeness (QED) is 0.646. The van der Waals surface area contributed by atoms with Gasteiger partial charge in [0.1, 0.15) is 0 Å². The molecule has 0 atom stereocenters. The topological polar surface area (TPSA) is 0 Å². The maximum Gasteiger partial charge on any atom is -0.00107 e. The molecular weight excluding hydrogens is 252 g/mol. The highest BCUT2D eigenvalue weighted by Crippen LogP contribution is 2.42. The maximum absolute atomic E-state index is 2.30. The van der Waals surface area contributed by atoms with E-state index in [1.807, 2.05) is 0 Å². The minimum absolute atomic E-state index is 1.10. The van der Waals surface area contributed by atoms with Crippen LogP contribution in [0, 0.1) is 13.8 Å². The molecule has 0 fully saturated rings. The van der Waals surface area contributed by atoms with E-state index >= 15 is 0 Å². The van der Waals surface area contributed by atoms with Gasteiger partial charge in [0.2, 0.25) is 0 Å². The second-order valence-corrected chi connectivity index (χ2v) is 6.21. The van der Waals surface area contributed by atoms with Gasteiger partial charge in [-0.2, -0.15) is 0 Å². The molecule has 0 unspecified atom stereocenters. The average molecular weight is 276 g/mol. The average Bonchev–Trinajstić information content (AvgIpc) is 2.86. The molecule has 1 aliphatic rings. The van der Waals surface area contributed by atoms with Gasteiger partial charge in [-0.15, -0.1) is 0 Å². The van der Waals surface area contributed by atoms with Crippen molar-refractivity contribution in [3.8, 4) is 0 Å². The Morgan fingerprint density at radius 3 is 2.43 bits per heavy atom. The third-order valence-electron chi connectivity index (χ3n) is 4.57. The molecular formula is C21H24. The van der Waals surface area contributed by atoms with Gasteiger partial charge in [-0.1, -0.05) is 61.4 Å². The molecule has 3 rings (SSSR count). The second kappa shape index (κ2) is 5.89. The van der Waals surface area contributed by atoms with E-state index in [2.05, 4.69) is 63.2 Å². The van der Waals surface area contributed by atoms with Crippen LogP contribution in [0.1, 0.15) is 54.0 Å². The normalized spacial score (nSPS) is 13.7. The summed E-state index contributed by atoms with van der Waals surface area (Å²) in [5.41, 5.74) is 10.4. The summed E-state index contributed by atoms with van der Waals surface area (Å²) in [7, 11) is 0. The van der Waals surface area contributed by atoms with E-state index in [0.717, 1.165) is 6.42 Å². The van der Waals surface area contributed by atoms with Crippen molar-refractivity contribution >= 4 is 11.1 Å². The van der Waals surface area contributed by atoms with Crippen LogP contribution in [-0.4, -0.2) is 0 Å². The summed E-state index contributed by atoms with van der Waals surface area (Å²) < 4.78 is 0. The van der Waals surface area contributed by atoms with Crippen LogP contribution in [0.3, 0.4) is 0 Å². The van der Waals surface area contributed by atoms with Crippen molar-refractivity contribution in [3.05, 3.63) is 70.3 Å². The molecule has 0 nitrogen and oxygen atoms in total. The molecule has 0 N–H and O–H groups in total. The Labute approximate surface area is 128 Å². The van der Waals surface area contributed by atoms with Crippen LogP contribution in [0.4, 0.5) is 0 Å². The van der Waals surface area contributed by atoms with Crippen molar-refractivity contribution in [3.63, 3.8) is 0 Å². The smallest absolute Gasteiger partial charge is 0.00107 e. The molecule has 0 heterocycles. The highest BCUT2D eigenvalue weighted by molar-refractivity contribution is 5.97. The predicted molar refractivity (Wildman–Crippen MR) is 92.4 cm³/mol. The molecule has 0 saturated heterocycles. The lowest BCUT2D eigenvalue weighted by Crippen LogP contribution is -1.90. The molecule has 0 heteroatoms. The zero-order valence-corrected chi connectivity index (χ0v) is 13.4. The zero-order chi connectivity index (χ0) is 14.8. The summed E-state index contributed by atoms with van der Waals surface area (Å²) in [6, 6.07) is 15.8. The highest BCUT2D eigenvalue weighted by Gasteiger charge is 2.23. The number of benzene rings is 2. The summed E-state index contributed by atoms with van der Waals surface area (Å²) in [5.74, 6) is 0. The van der Waals surface area contributed by atoms with Crippen LogP contribution in [0.5, 0.6) is 0 Å². The summed E-state index contributed by atoms with van der Waals surface area (Å²) in [6.07, 6.45) is 4.83. The summed E-state index contributed by atoms with van der Waals surface area (Å²) in [6.45, 7) is 6.69. The van der Waals surface area contributed by atoms with Crippen LogP contribution in [0.2, 0.25) is 0 Å². The van der Waals surface area contributed by atoms with Gasteiger partial charge in [0.15, 0.2) is 0 Å². The first-order valence-electron chi connectivity index (χ1n) is 8.08. The monoisotopic (exact) mass is 276 g/mol. The van der Waals surface area contributed by atoms with Gasteiger partial charge in [0.05, 0.1) is 0 Å². The Kier molecular flexibility index (Phi) is 3.96. The number of rotatable bonds is 4. The molecule has 108 valence electrons. The lowest BCUT2D eigenvalue weighted by atomic mass is 9.94. The molecule has 21 heavy (non-hydrogen) atoms. The Balaban J connectivity index is 2.09. The number of aryl methyl sites for hydroxylation is 2. The minimum atomic E-state index is 1.10. The molecule has 0 bridgehead atoms. The van der Waals surface area contributed by atoms with E-state index in [-0.39, 0.29) is 0 Å². The van der Waals surface area contributed by atoms with E-state index in [1.165, 1.54) is 47.1 Å². The molecule has 2 aromatic rings. The summed E-state index contributed by atoms with van der Waals surface area (Å²) in [5, 5.41) is 0. The van der Waals surface area contributed by atoms with Crippen LogP contribution >= 0.6 is 0 Å². The van der Waals surface area contributed by atoms with Crippen molar-refractivity contribution < 1.29 is 0 Å². The first kappa shape index (κ1) is 14.1. The largest absolute Gasteiger partial charge is 0.0654 e. The fourth-order valence-electron chi connectivity index (χ4n) is 3.42. The molecule has 0 amide bonds. The lowest BCUT2D eigenvalue weighted by molar-refractivity contribution is 0.825.